The van der Waals surface area contributed by atoms with E-state index in [2.05, 4.69) is 58.7 Å². The summed E-state index contributed by atoms with van der Waals surface area (Å²) in [6, 6.07) is 4.02. The summed E-state index contributed by atoms with van der Waals surface area (Å²) >= 11 is 0. The summed E-state index contributed by atoms with van der Waals surface area (Å²) in [5, 5.41) is 8.66. The van der Waals surface area contributed by atoms with Crippen molar-refractivity contribution >= 4 is 41.9 Å². The minimum absolute atomic E-state index is 0. The Bertz CT molecular complexity index is 794. The van der Waals surface area contributed by atoms with Crippen molar-refractivity contribution in [3.8, 4) is 0 Å². The van der Waals surface area contributed by atoms with Crippen molar-refractivity contribution in [1.82, 2.24) is 20.9 Å². The van der Waals surface area contributed by atoms with Crippen molar-refractivity contribution in [1.29, 1.82) is 0 Å². The number of carbonyl (C=O) groups is 2. The van der Waals surface area contributed by atoms with E-state index in [4.69, 9.17) is 0 Å². The number of aryl methyl sites for hydroxylation is 3. The number of amides is 3. The predicted octanol–water partition coefficient (Wildman–Crippen LogP) is 2.62. The summed E-state index contributed by atoms with van der Waals surface area (Å²) in [5.41, 5.74) is 4.35. The van der Waals surface area contributed by atoms with Gasteiger partial charge in [0, 0.05) is 26.7 Å². The van der Waals surface area contributed by atoms with Crippen LogP contribution in [0.5, 0.6) is 0 Å². The number of nitrogens with one attached hydrogen (secondary N) is 3. The third-order valence-corrected chi connectivity index (χ3v) is 6.16. The number of halogens is 1. The van der Waals surface area contributed by atoms with Crippen LogP contribution in [0.2, 0.25) is 0 Å². The third kappa shape index (κ3) is 4.84. The highest BCUT2D eigenvalue weighted by atomic mass is 127. The summed E-state index contributed by atoms with van der Waals surface area (Å²) in [7, 11) is 1.80. The number of nitrogens with zero attached hydrogens (tertiary/aromatic N) is 2. The maximum Gasteiger partial charge on any atom is 0.322 e. The highest BCUT2D eigenvalue weighted by Gasteiger charge is 2.48. The maximum atomic E-state index is 12.2. The monoisotopic (exact) mass is 513 g/mol. The molecule has 3 N–H and O–H groups in total. The summed E-state index contributed by atoms with van der Waals surface area (Å²) in [6.45, 7) is 10.6. The quantitative estimate of drug-likeness (QED) is 0.251. The Kier molecular flexibility index (Phi) is 7.53. The Morgan fingerprint density at radius 3 is 2.28 bits per heavy atom. The number of hydrogen-bond acceptors (Lipinski definition) is 3. The number of urea groups is 1. The van der Waals surface area contributed by atoms with E-state index in [0.29, 0.717) is 0 Å². The topological polar surface area (TPSA) is 85.8 Å². The SMILES string of the molecule is CN=C(NCc1c(C)cc(C)cc1C)N1CCC(C2(C)NC(=O)NC2=O)CC1.I. The summed E-state index contributed by atoms with van der Waals surface area (Å²) in [6.07, 6.45) is 1.65. The molecule has 2 aliphatic rings. The second-order valence-electron chi connectivity index (χ2n) is 8.15. The molecule has 7 nitrogen and oxygen atoms in total. The third-order valence-electron chi connectivity index (χ3n) is 6.16. The zero-order valence-electron chi connectivity index (χ0n) is 17.9. The first-order valence-electron chi connectivity index (χ1n) is 9.90. The molecule has 29 heavy (non-hydrogen) atoms. The molecule has 1 aromatic carbocycles. The second-order valence-corrected chi connectivity index (χ2v) is 8.15. The van der Waals surface area contributed by atoms with Gasteiger partial charge in [-0.1, -0.05) is 17.7 Å². The van der Waals surface area contributed by atoms with Gasteiger partial charge in [0.1, 0.15) is 5.54 Å². The van der Waals surface area contributed by atoms with Crippen LogP contribution in [0.4, 0.5) is 4.79 Å². The standard InChI is InChI=1S/C21H31N5O2.HI/c1-13-10-14(2)17(15(3)11-13)12-23-19(22-5)26-8-6-16(7-9-26)21(4)18(27)24-20(28)25-21;/h10-11,16H,6-9,12H2,1-5H3,(H,22,23)(H2,24,25,27,28);1H. The van der Waals surface area contributed by atoms with Crippen LogP contribution in [-0.2, 0) is 11.3 Å². The fourth-order valence-corrected chi connectivity index (χ4v) is 4.50. The lowest BCUT2D eigenvalue weighted by Gasteiger charge is -2.39. The van der Waals surface area contributed by atoms with Gasteiger partial charge in [-0.15, -0.1) is 24.0 Å². The number of carbonyl (C=O) groups excluding carboxylic acids is 2. The van der Waals surface area contributed by atoms with Gasteiger partial charge in [0.05, 0.1) is 0 Å². The van der Waals surface area contributed by atoms with Crippen LogP contribution in [0.15, 0.2) is 17.1 Å². The number of hydrogen-bond donors (Lipinski definition) is 3. The molecule has 3 amide bonds. The Hall–Kier alpha value is -1.84. The molecule has 2 saturated heterocycles. The van der Waals surface area contributed by atoms with Crippen LogP contribution in [0.25, 0.3) is 0 Å². The second kappa shape index (κ2) is 9.32. The Morgan fingerprint density at radius 2 is 1.79 bits per heavy atom. The number of rotatable bonds is 3. The van der Waals surface area contributed by atoms with Crippen LogP contribution < -0.4 is 16.0 Å². The Morgan fingerprint density at radius 1 is 1.21 bits per heavy atom. The zero-order valence-corrected chi connectivity index (χ0v) is 20.2. The number of imide groups is 1. The lowest BCUT2D eigenvalue weighted by atomic mass is 9.79. The first-order valence-corrected chi connectivity index (χ1v) is 9.90. The number of aliphatic imine (C=N–C) groups is 1. The van der Waals surface area contributed by atoms with Gasteiger partial charge in [0.2, 0.25) is 0 Å². The molecular weight excluding hydrogens is 481 g/mol. The molecule has 2 fully saturated rings. The fourth-order valence-electron chi connectivity index (χ4n) is 4.50. The van der Waals surface area contributed by atoms with Gasteiger partial charge in [-0.25, -0.2) is 4.79 Å². The molecule has 1 atom stereocenters. The van der Waals surface area contributed by atoms with Crippen molar-refractivity contribution < 1.29 is 9.59 Å². The van der Waals surface area contributed by atoms with Crippen molar-refractivity contribution in [2.75, 3.05) is 20.1 Å². The van der Waals surface area contributed by atoms with E-state index in [-0.39, 0.29) is 35.8 Å². The molecule has 0 aromatic heterocycles. The van der Waals surface area contributed by atoms with Gasteiger partial charge >= 0.3 is 6.03 Å². The minimum Gasteiger partial charge on any atom is -0.352 e. The largest absolute Gasteiger partial charge is 0.352 e. The summed E-state index contributed by atoms with van der Waals surface area (Å²) < 4.78 is 0. The lowest BCUT2D eigenvalue weighted by Crippen LogP contribution is -2.55. The van der Waals surface area contributed by atoms with Crippen LogP contribution >= 0.6 is 24.0 Å². The summed E-state index contributed by atoms with van der Waals surface area (Å²) in [4.78, 5) is 30.4. The van der Waals surface area contributed by atoms with Gasteiger partial charge < -0.3 is 15.5 Å². The van der Waals surface area contributed by atoms with E-state index >= 15 is 0 Å². The number of piperidine rings is 1. The van der Waals surface area contributed by atoms with Crippen molar-refractivity contribution in [2.45, 2.75) is 52.6 Å². The van der Waals surface area contributed by atoms with Gasteiger partial charge in [-0.3, -0.25) is 15.1 Å². The van der Waals surface area contributed by atoms with Gasteiger partial charge in [-0.05, 0) is 63.1 Å². The molecule has 2 heterocycles. The van der Waals surface area contributed by atoms with Crippen molar-refractivity contribution in [3.05, 3.63) is 34.4 Å². The highest BCUT2D eigenvalue weighted by molar-refractivity contribution is 14.0. The van der Waals surface area contributed by atoms with Gasteiger partial charge in [0.25, 0.3) is 5.91 Å². The molecule has 0 saturated carbocycles. The minimum atomic E-state index is -0.809. The molecule has 1 unspecified atom stereocenters. The molecule has 2 aliphatic heterocycles. The van der Waals surface area contributed by atoms with Crippen molar-refractivity contribution in [3.63, 3.8) is 0 Å². The molecule has 0 aliphatic carbocycles. The highest BCUT2D eigenvalue weighted by Crippen LogP contribution is 2.30. The maximum absolute atomic E-state index is 12.2. The van der Waals surface area contributed by atoms with Crippen LogP contribution in [0.1, 0.15) is 42.0 Å². The van der Waals surface area contributed by atoms with E-state index in [9.17, 15) is 9.59 Å². The molecule has 0 bridgehead atoms. The molecule has 0 radical (unpaired) electrons. The smallest absolute Gasteiger partial charge is 0.322 e. The first-order chi connectivity index (χ1) is 13.2. The number of guanidine groups is 1. The first kappa shape index (κ1) is 23.4. The van der Waals surface area contributed by atoms with Gasteiger partial charge in [-0.2, -0.15) is 0 Å². The fraction of sp³-hybridized carbons (Fsp3) is 0.571. The Labute approximate surface area is 190 Å². The van der Waals surface area contributed by atoms with Crippen LogP contribution in [0.3, 0.4) is 0 Å². The molecule has 0 spiro atoms. The summed E-state index contributed by atoms with van der Waals surface area (Å²) in [5.74, 6) is 0.779. The van der Waals surface area contributed by atoms with E-state index in [1.54, 1.807) is 7.05 Å². The predicted molar refractivity (Wildman–Crippen MR) is 126 cm³/mol. The molecule has 3 rings (SSSR count). The number of benzene rings is 1. The Balaban J connectivity index is 0.00000300. The molecular formula is C21H32IN5O2. The average molecular weight is 513 g/mol. The van der Waals surface area contributed by atoms with E-state index in [1.807, 2.05) is 6.92 Å². The van der Waals surface area contributed by atoms with E-state index in [0.717, 1.165) is 38.4 Å². The molecule has 1 aromatic rings. The van der Waals surface area contributed by atoms with E-state index < -0.39 is 11.6 Å². The normalized spacial score (nSPS) is 22.8. The average Bonchev–Trinajstić information content (AvgIpc) is 2.90. The van der Waals surface area contributed by atoms with Gasteiger partial charge in [0.15, 0.2) is 5.96 Å². The van der Waals surface area contributed by atoms with Crippen LogP contribution in [-0.4, -0.2) is 48.5 Å². The molecule has 160 valence electrons. The number of likely N-dealkylation sites (tertiary alicyclic amines) is 1. The lowest BCUT2D eigenvalue weighted by molar-refractivity contribution is -0.125. The molecule has 8 heteroatoms. The van der Waals surface area contributed by atoms with E-state index in [1.165, 1.54) is 22.3 Å². The van der Waals surface area contributed by atoms with Crippen LogP contribution in [0, 0.1) is 26.7 Å². The van der Waals surface area contributed by atoms with Crippen molar-refractivity contribution in [2.24, 2.45) is 10.9 Å². The zero-order chi connectivity index (χ0) is 20.5.